The Morgan fingerprint density at radius 1 is 1.11 bits per heavy atom. The minimum Gasteiger partial charge on any atom is -0.463 e. The number of hydrogen-bond donors (Lipinski definition) is 0. The van der Waals surface area contributed by atoms with Gasteiger partial charge in [0.1, 0.15) is 10.5 Å². The monoisotopic (exact) mass is 286 g/mol. The Bertz CT molecular complexity index is 252. The Hall–Kier alpha value is -0.613. The molecular formula is C15H30O3Si. The van der Waals surface area contributed by atoms with Crippen molar-refractivity contribution in [3.05, 3.63) is 12.7 Å². The van der Waals surface area contributed by atoms with Crippen molar-refractivity contribution in [2.75, 3.05) is 6.61 Å². The standard InChI is InChI=1S/C15H30O3Si/c1-4-14(16)17-13-11-9-7-5-6-8-10-12-15(2,3)18-19/h4H,1,5-13H2,2-3,19H3. The number of ether oxygens (including phenoxy) is 1. The van der Waals surface area contributed by atoms with E-state index in [1.54, 1.807) is 0 Å². The number of carbonyl (C=O) groups excluding carboxylic acids is 1. The minimum absolute atomic E-state index is 0.0846. The van der Waals surface area contributed by atoms with E-state index in [2.05, 4.69) is 20.4 Å². The topological polar surface area (TPSA) is 35.5 Å². The molecule has 0 saturated carbocycles. The average Bonchev–Trinajstić information content (AvgIpc) is 2.40. The predicted molar refractivity (Wildman–Crippen MR) is 83.2 cm³/mol. The number of hydrogen-bond acceptors (Lipinski definition) is 3. The molecule has 0 atom stereocenters. The summed E-state index contributed by atoms with van der Waals surface area (Å²) in [6, 6.07) is 0. The summed E-state index contributed by atoms with van der Waals surface area (Å²) in [6.07, 6.45) is 10.8. The van der Waals surface area contributed by atoms with E-state index >= 15 is 0 Å². The van der Waals surface area contributed by atoms with E-state index in [-0.39, 0.29) is 11.6 Å². The van der Waals surface area contributed by atoms with Gasteiger partial charge in [0.05, 0.1) is 6.61 Å². The second-order valence-electron chi connectivity index (χ2n) is 5.56. The Kier molecular flexibility index (Phi) is 10.9. The second kappa shape index (κ2) is 11.2. The molecule has 0 aromatic heterocycles. The summed E-state index contributed by atoms with van der Waals surface area (Å²) in [5.41, 5.74) is 0.0846. The van der Waals surface area contributed by atoms with Crippen molar-refractivity contribution in [3.8, 4) is 0 Å². The Labute approximate surface area is 121 Å². The van der Waals surface area contributed by atoms with Crippen molar-refractivity contribution in [1.29, 1.82) is 0 Å². The number of carbonyl (C=O) groups is 1. The van der Waals surface area contributed by atoms with Gasteiger partial charge in [-0.15, -0.1) is 0 Å². The van der Waals surface area contributed by atoms with E-state index in [4.69, 9.17) is 9.16 Å². The van der Waals surface area contributed by atoms with Gasteiger partial charge < -0.3 is 9.16 Å². The smallest absolute Gasteiger partial charge is 0.330 e. The first-order valence-electron chi connectivity index (χ1n) is 7.36. The van der Waals surface area contributed by atoms with Crippen LogP contribution < -0.4 is 0 Å². The molecular weight excluding hydrogens is 256 g/mol. The van der Waals surface area contributed by atoms with Gasteiger partial charge in [-0.05, 0) is 26.7 Å². The molecule has 0 amide bonds. The third-order valence-corrected chi connectivity index (χ3v) is 4.49. The van der Waals surface area contributed by atoms with Gasteiger partial charge in [-0.2, -0.15) is 0 Å². The van der Waals surface area contributed by atoms with Crippen LogP contribution in [0.5, 0.6) is 0 Å². The highest BCUT2D eigenvalue weighted by Gasteiger charge is 2.13. The van der Waals surface area contributed by atoms with Gasteiger partial charge in [0.15, 0.2) is 0 Å². The van der Waals surface area contributed by atoms with Crippen molar-refractivity contribution < 1.29 is 14.0 Å². The molecule has 0 aromatic rings. The van der Waals surface area contributed by atoms with Crippen LogP contribution in [0.2, 0.25) is 0 Å². The Morgan fingerprint density at radius 2 is 1.63 bits per heavy atom. The molecule has 0 unspecified atom stereocenters. The van der Waals surface area contributed by atoms with Gasteiger partial charge in [-0.1, -0.05) is 45.1 Å². The maximum atomic E-state index is 10.8. The van der Waals surface area contributed by atoms with Gasteiger partial charge >= 0.3 is 5.97 Å². The molecule has 0 saturated heterocycles. The number of esters is 1. The minimum atomic E-state index is -0.316. The van der Waals surface area contributed by atoms with E-state index in [0.29, 0.717) is 6.61 Å². The first-order valence-corrected chi connectivity index (χ1v) is 8.18. The summed E-state index contributed by atoms with van der Waals surface area (Å²) >= 11 is 0. The van der Waals surface area contributed by atoms with Crippen LogP contribution in [-0.2, 0) is 14.0 Å². The fraction of sp³-hybridized carbons (Fsp3) is 0.800. The van der Waals surface area contributed by atoms with Gasteiger partial charge in [-0.25, -0.2) is 4.79 Å². The molecule has 0 aliphatic heterocycles. The molecule has 4 heteroatoms. The zero-order valence-corrected chi connectivity index (χ0v) is 14.9. The van der Waals surface area contributed by atoms with Crippen molar-refractivity contribution >= 4 is 16.5 Å². The summed E-state index contributed by atoms with van der Waals surface area (Å²) in [5.74, 6) is -0.316. The zero-order valence-electron chi connectivity index (χ0n) is 12.9. The van der Waals surface area contributed by atoms with Crippen molar-refractivity contribution in [2.45, 2.75) is 70.8 Å². The lowest BCUT2D eigenvalue weighted by atomic mass is 9.99. The van der Waals surface area contributed by atoms with E-state index in [9.17, 15) is 4.79 Å². The highest BCUT2D eigenvalue weighted by molar-refractivity contribution is 5.98. The molecule has 0 spiro atoms. The maximum Gasteiger partial charge on any atom is 0.330 e. The highest BCUT2D eigenvalue weighted by atomic mass is 28.2. The molecule has 0 N–H and O–H groups in total. The van der Waals surface area contributed by atoms with Crippen LogP contribution >= 0.6 is 0 Å². The molecule has 0 bridgehead atoms. The lowest BCUT2D eigenvalue weighted by Crippen LogP contribution is -2.22. The summed E-state index contributed by atoms with van der Waals surface area (Å²) < 4.78 is 10.4. The first kappa shape index (κ1) is 18.4. The van der Waals surface area contributed by atoms with Crippen LogP contribution in [0.15, 0.2) is 12.7 Å². The second-order valence-corrected chi connectivity index (χ2v) is 5.97. The van der Waals surface area contributed by atoms with Crippen molar-refractivity contribution in [3.63, 3.8) is 0 Å². The normalized spacial score (nSPS) is 11.5. The Morgan fingerprint density at radius 3 is 2.16 bits per heavy atom. The van der Waals surface area contributed by atoms with Crippen LogP contribution in [0.4, 0.5) is 0 Å². The first-order chi connectivity index (χ1) is 9.02. The van der Waals surface area contributed by atoms with Gasteiger partial charge in [0, 0.05) is 11.7 Å². The predicted octanol–water partition coefficient (Wildman–Crippen LogP) is 2.91. The third kappa shape index (κ3) is 12.2. The molecule has 0 fully saturated rings. The highest BCUT2D eigenvalue weighted by Crippen LogP contribution is 2.18. The van der Waals surface area contributed by atoms with Crippen LogP contribution in [0, 0.1) is 0 Å². The zero-order chi connectivity index (χ0) is 14.6. The fourth-order valence-corrected chi connectivity index (χ4v) is 2.07. The molecule has 0 radical (unpaired) electrons. The lowest BCUT2D eigenvalue weighted by Gasteiger charge is -2.23. The van der Waals surface area contributed by atoms with Crippen molar-refractivity contribution in [1.82, 2.24) is 0 Å². The molecule has 0 rings (SSSR count). The van der Waals surface area contributed by atoms with Gasteiger partial charge in [-0.3, -0.25) is 0 Å². The van der Waals surface area contributed by atoms with E-state index in [0.717, 1.165) is 29.7 Å². The summed E-state index contributed by atoms with van der Waals surface area (Å²) in [4.78, 5) is 10.8. The lowest BCUT2D eigenvalue weighted by molar-refractivity contribution is -0.137. The van der Waals surface area contributed by atoms with E-state index in [1.807, 2.05) is 0 Å². The fourth-order valence-electron chi connectivity index (χ4n) is 1.87. The number of rotatable bonds is 12. The van der Waals surface area contributed by atoms with E-state index < -0.39 is 0 Å². The van der Waals surface area contributed by atoms with Crippen LogP contribution in [0.3, 0.4) is 0 Å². The quantitative estimate of drug-likeness (QED) is 0.239. The maximum absolute atomic E-state index is 10.8. The molecule has 0 aromatic carbocycles. The van der Waals surface area contributed by atoms with Gasteiger partial charge in [0.25, 0.3) is 0 Å². The average molecular weight is 286 g/mol. The summed E-state index contributed by atoms with van der Waals surface area (Å²) in [6.45, 7) is 8.23. The molecule has 0 aliphatic carbocycles. The Balaban J connectivity index is 3.19. The van der Waals surface area contributed by atoms with E-state index in [1.165, 1.54) is 38.2 Å². The SMILES string of the molecule is C=CC(=O)OCCCCCCCCCC(C)(C)O[SiH3]. The van der Waals surface area contributed by atoms with Crippen molar-refractivity contribution in [2.24, 2.45) is 0 Å². The van der Waals surface area contributed by atoms with Crippen LogP contribution in [0.1, 0.15) is 65.2 Å². The largest absolute Gasteiger partial charge is 0.463 e. The van der Waals surface area contributed by atoms with Crippen LogP contribution in [-0.4, -0.2) is 28.7 Å². The molecule has 112 valence electrons. The molecule has 3 nitrogen and oxygen atoms in total. The van der Waals surface area contributed by atoms with Gasteiger partial charge in [0.2, 0.25) is 0 Å². The molecule has 19 heavy (non-hydrogen) atoms. The molecule has 0 aliphatic rings. The summed E-state index contributed by atoms with van der Waals surface area (Å²) in [5, 5.41) is 0. The van der Waals surface area contributed by atoms with Crippen LogP contribution in [0.25, 0.3) is 0 Å². The molecule has 0 heterocycles. The number of unbranched alkanes of at least 4 members (excludes halogenated alkanes) is 6. The third-order valence-electron chi connectivity index (χ3n) is 3.39. The summed E-state index contributed by atoms with van der Waals surface area (Å²) in [7, 11) is 0.825.